The van der Waals surface area contributed by atoms with Gasteiger partial charge in [0.1, 0.15) is 11.4 Å². The Kier molecular flexibility index (Phi) is 8.11. The summed E-state index contributed by atoms with van der Waals surface area (Å²) in [6.45, 7) is 5.51. The molecule has 2 aromatic rings. The number of anilines is 3. The van der Waals surface area contributed by atoms with Crippen molar-refractivity contribution in [2.45, 2.75) is 83.3 Å². The highest BCUT2D eigenvalue weighted by atomic mass is 16.6. The number of carbonyl (C=O) groups is 2. The van der Waals surface area contributed by atoms with Crippen LogP contribution in [0.3, 0.4) is 0 Å². The number of nitrogens with two attached hydrogens (primary N) is 1. The largest absolute Gasteiger partial charge is 0.444 e. The van der Waals surface area contributed by atoms with E-state index in [1.54, 1.807) is 6.07 Å². The Bertz CT molecular complexity index is 1190. The molecule has 4 rings (SSSR count). The summed E-state index contributed by atoms with van der Waals surface area (Å²) < 4.78 is 5.40. The molecule has 2 atom stereocenters. The minimum absolute atomic E-state index is 0.0169. The zero-order valence-corrected chi connectivity index (χ0v) is 21.6. The maximum atomic E-state index is 12.3. The van der Waals surface area contributed by atoms with Crippen molar-refractivity contribution in [2.24, 2.45) is 11.7 Å². The molecule has 196 valence electrons. The average Bonchev–Trinajstić information content (AvgIpc) is 2.78. The van der Waals surface area contributed by atoms with Crippen LogP contribution in [0, 0.1) is 17.9 Å². The molecule has 0 aromatic carbocycles. The summed E-state index contributed by atoms with van der Waals surface area (Å²) in [4.78, 5) is 28.9. The zero-order chi connectivity index (χ0) is 26.4. The lowest BCUT2D eigenvalue weighted by atomic mass is 9.83. The maximum Gasteiger partial charge on any atom is 0.407 e. The molecule has 2 aliphatic rings. The zero-order valence-electron chi connectivity index (χ0n) is 21.6. The Hall–Kier alpha value is -3.87. The van der Waals surface area contributed by atoms with Crippen LogP contribution >= 0.6 is 0 Å². The predicted molar refractivity (Wildman–Crippen MR) is 141 cm³/mol. The van der Waals surface area contributed by atoms with Gasteiger partial charge in [0.25, 0.3) is 5.91 Å². The Morgan fingerprint density at radius 1 is 1.05 bits per heavy atom. The molecule has 0 aliphatic heterocycles. The fourth-order valence-electron chi connectivity index (χ4n) is 4.45. The molecule has 0 bridgehead atoms. The summed E-state index contributed by atoms with van der Waals surface area (Å²) in [5.74, 6) is 3.94. The van der Waals surface area contributed by atoms with Gasteiger partial charge in [0.2, 0.25) is 0 Å². The van der Waals surface area contributed by atoms with Crippen molar-refractivity contribution >= 4 is 29.3 Å². The van der Waals surface area contributed by atoms with Crippen LogP contribution in [0.25, 0.3) is 0 Å². The van der Waals surface area contributed by atoms with Crippen molar-refractivity contribution in [3.8, 4) is 12.0 Å². The third-order valence-electron chi connectivity index (χ3n) is 6.50. The predicted octanol–water partition coefficient (Wildman–Crippen LogP) is 4.44. The number of amides is 2. The van der Waals surface area contributed by atoms with Gasteiger partial charge in [-0.25, -0.2) is 9.78 Å². The highest BCUT2D eigenvalue weighted by Gasteiger charge is 2.27. The summed E-state index contributed by atoms with van der Waals surface area (Å²) in [7, 11) is 0. The van der Waals surface area contributed by atoms with Gasteiger partial charge in [-0.1, -0.05) is 31.2 Å². The van der Waals surface area contributed by atoms with E-state index >= 15 is 0 Å². The third kappa shape index (κ3) is 7.32. The standard InChI is InChI=1S/C27H35N7O3/c1-27(2,3)37-26(36)32-20-11-5-4-8-18(20)14-15-29-23-16-21(24(25(28)35)34-33-23)31-22-13-7-12-19(30-22)17-9-6-10-17/h7,12-13,16-18,20H,4-6,8-11H2,1-3H3,(H2,28,35)(H,32,36)(H2,29,30,31,33)/t18-,20-/m0/s1. The van der Waals surface area contributed by atoms with E-state index in [9.17, 15) is 9.59 Å². The number of ether oxygens (including phenoxy) is 1. The Morgan fingerprint density at radius 2 is 1.84 bits per heavy atom. The van der Waals surface area contributed by atoms with Crippen LogP contribution in [-0.4, -0.2) is 38.8 Å². The van der Waals surface area contributed by atoms with Gasteiger partial charge in [0, 0.05) is 35.7 Å². The second kappa shape index (κ2) is 11.5. The molecule has 5 N–H and O–H groups in total. The van der Waals surface area contributed by atoms with E-state index in [4.69, 9.17) is 15.5 Å². The highest BCUT2D eigenvalue weighted by Crippen LogP contribution is 2.35. The molecule has 0 spiro atoms. The molecule has 2 aromatic heterocycles. The second-order valence-electron chi connectivity index (χ2n) is 10.6. The SMILES string of the molecule is CC(C)(C)OC(=O)N[C@H]1CCCC[C@H]1C#CNc1cc(Nc2cccc(C3CCC3)n2)c(C(N)=O)nn1. The molecule has 0 unspecified atom stereocenters. The van der Waals surface area contributed by atoms with E-state index in [0.29, 0.717) is 23.2 Å². The van der Waals surface area contributed by atoms with Crippen LogP contribution in [0.5, 0.6) is 0 Å². The minimum atomic E-state index is -0.693. The lowest BCUT2D eigenvalue weighted by Crippen LogP contribution is -2.44. The van der Waals surface area contributed by atoms with Gasteiger partial charge in [-0.15, -0.1) is 10.2 Å². The first-order valence-corrected chi connectivity index (χ1v) is 12.9. The van der Waals surface area contributed by atoms with Crippen molar-refractivity contribution in [3.05, 3.63) is 35.7 Å². The van der Waals surface area contributed by atoms with Crippen LogP contribution in [-0.2, 0) is 4.74 Å². The molecular weight excluding hydrogens is 470 g/mol. The Balaban J connectivity index is 1.45. The molecule has 2 heterocycles. The monoisotopic (exact) mass is 505 g/mol. The van der Waals surface area contributed by atoms with Crippen molar-refractivity contribution in [1.82, 2.24) is 20.5 Å². The van der Waals surface area contributed by atoms with Crippen molar-refractivity contribution in [3.63, 3.8) is 0 Å². The summed E-state index contributed by atoms with van der Waals surface area (Å²) in [5.41, 5.74) is 6.41. The fourth-order valence-corrected chi connectivity index (χ4v) is 4.45. The van der Waals surface area contributed by atoms with Crippen LogP contribution in [0.4, 0.5) is 22.1 Å². The molecule has 0 saturated heterocycles. The molecular formula is C27H35N7O3. The molecule has 2 fully saturated rings. The lowest BCUT2D eigenvalue weighted by Gasteiger charge is -2.30. The minimum Gasteiger partial charge on any atom is -0.444 e. The van der Waals surface area contributed by atoms with Gasteiger partial charge in [0.15, 0.2) is 11.5 Å². The number of hydrogen-bond donors (Lipinski definition) is 4. The first kappa shape index (κ1) is 26.2. The lowest BCUT2D eigenvalue weighted by molar-refractivity contribution is 0.0481. The van der Waals surface area contributed by atoms with Crippen LogP contribution in [0.1, 0.15) is 87.8 Å². The topological polar surface area (TPSA) is 144 Å². The van der Waals surface area contributed by atoms with Gasteiger partial charge < -0.3 is 21.1 Å². The number of carbonyl (C=O) groups excluding carboxylic acids is 2. The first-order chi connectivity index (χ1) is 17.7. The number of primary amides is 1. The van der Waals surface area contributed by atoms with E-state index < -0.39 is 17.6 Å². The molecule has 2 saturated carbocycles. The van der Waals surface area contributed by atoms with E-state index in [1.807, 2.05) is 39.0 Å². The smallest absolute Gasteiger partial charge is 0.407 e. The van der Waals surface area contributed by atoms with E-state index in [2.05, 4.69) is 38.1 Å². The fraction of sp³-hybridized carbons (Fsp3) is 0.519. The van der Waals surface area contributed by atoms with Gasteiger partial charge in [-0.3, -0.25) is 10.1 Å². The molecule has 10 heteroatoms. The number of nitrogens with zero attached hydrogens (tertiary/aromatic N) is 3. The summed E-state index contributed by atoms with van der Waals surface area (Å²) in [6, 6.07) is 10.3. The normalized spacial score (nSPS) is 19.5. The van der Waals surface area contributed by atoms with E-state index in [1.165, 1.54) is 6.42 Å². The van der Waals surface area contributed by atoms with Gasteiger partial charge in [-0.2, -0.15) is 0 Å². The molecule has 2 aliphatic carbocycles. The Labute approximate surface area is 217 Å². The highest BCUT2D eigenvalue weighted by molar-refractivity contribution is 5.97. The molecule has 2 amide bonds. The molecule has 0 radical (unpaired) electrons. The quantitative estimate of drug-likeness (QED) is 0.333. The van der Waals surface area contributed by atoms with Crippen molar-refractivity contribution in [1.29, 1.82) is 0 Å². The van der Waals surface area contributed by atoms with Gasteiger partial charge >= 0.3 is 6.09 Å². The first-order valence-electron chi connectivity index (χ1n) is 12.9. The number of nitrogens with one attached hydrogen (secondary N) is 3. The molecule has 10 nitrogen and oxygen atoms in total. The number of alkyl carbamates (subject to hydrolysis) is 1. The average molecular weight is 506 g/mol. The van der Waals surface area contributed by atoms with Gasteiger partial charge in [-0.05, 0) is 58.6 Å². The Morgan fingerprint density at radius 3 is 2.54 bits per heavy atom. The van der Waals surface area contributed by atoms with Crippen molar-refractivity contribution in [2.75, 3.05) is 10.6 Å². The van der Waals surface area contributed by atoms with Crippen LogP contribution in [0.15, 0.2) is 24.3 Å². The maximum absolute atomic E-state index is 12.3. The van der Waals surface area contributed by atoms with Crippen LogP contribution < -0.4 is 21.7 Å². The number of pyridine rings is 1. The summed E-state index contributed by atoms with van der Waals surface area (Å²) in [5, 5.41) is 17.1. The van der Waals surface area contributed by atoms with Crippen molar-refractivity contribution < 1.29 is 14.3 Å². The third-order valence-corrected chi connectivity index (χ3v) is 6.50. The number of aromatic nitrogens is 3. The summed E-state index contributed by atoms with van der Waals surface area (Å²) >= 11 is 0. The second-order valence-corrected chi connectivity index (χ2v) is 10.6. The number of rotatable bonds is 6. The number of hydrogen-bond acceptors (Lipinski definition) is 8. The summed E-state index contributed by atoms with van der Waals surface area (Å²) in [6.07, 6.45) is 6.85. The van der Waals surface area contributed by atoms with Crippen LogP contribution in [0.2, 0.25) is 0 Å². The molecule has 37 heavy (non-hydrogen) atoms. The van der Waals surface area contributed by atoms with Gasteiger partial charge in [0.05, 0.1) is 5.69 Å². The van der Waals surface area contributed by atoms with E-state index in [0.717, 1.165) is 44.2 Å². The van der Waals surface area contributed by atoms with E-state index in [-0.39, 0.29) is 17.7 Å².